The summed E-state index contributed by atoms with van der Waals surface area (Å²) in [6, 6.07) is 0. The quantitative estimate of drug-likeness (QED) is 0.620. The zero-order chi connectivity index (χ0) is 8.27. The molecule has 0 aromatic rings. The minimum atomic E-state index is -0.373. The van der Waals surface area contributed by atoms with Gasteiger partial charge in [-0.25, -0.2) is 10.2 Å². The summed E-state index contributed by atoms with van der Waals surface area (Å²) in [5, 5.41) is 0. The summed E-state index contributed by atoms with van der Waals surface area (Å²) < 4.78 is 4.98. The van der Waals surface area contributed by atoms with Crippen LogP contribution in [0.5, 0.6) is 0 Å². The summed E-state index contributed by atoms with van der Waals surface area (Å²) in [6.07, 6.45) is 0.575. The molecular formula is C7H14N2O2. The molecule has 4 nitrogen and oxygen atoms in total. The van der Waals surface area contributed by atoms with Gasteiger partial charge in [0.1, 0.15) is 6.10 Å². The fourth-order valence-corrected chi connectivity index (χ4v) is 1.12. The Morgan fingerprint density at radius 1 is 1.73 bits per heavy atom. The summed E-state index contributed by atoms with van der Waals surface area (Å²) in [6.45, 7) is 4.91. The Kier molecular flexibility index (Phi) is 2.70. The number of nitrogens with one attached hydrogen (secondary N) is 2. The number of hydrogen-bond acceptors (Lipinski definition) is 3. The first kappa shape index (κ1) is 8.33. The number of hydrogen-bond donors (Lipinski definition) is 2. The molecule has 1 amide bonds. The third kappa shape index (κ3) is 2.76. The van der Waals surface area contributed by atoms with Gasteiger partial charge >= 0.3 is 6.09 Å². The van der Waals surface area contributed by atoms with Crippen molar-refractivity contribution in [3.05, 3.63) is 0 Å². The molecule has 1 saturated heterocycles. The monoisotopic (exact) mass is 158 g/mol. The lowest BCUT2D eigenvalue weighted by atomic mass is 10.1. The van der Waals surface area contributed by atoms with Gasteiger partial charge in [0.15, 0.2) is 0 Å². The molecule has 1 aliphatic rings. The van der Waals surface area contributed by atoms with Crippen molar-refractivity contribution < 1.29 is 9.53 Å². The Labute approximate surface area is 66.3 Å². The van der Waals surface area contributed by atoms with Crippen molar-refractivity contribution in [1.29, 1.82) is 0 Å². The average molecular weight is 158 g/mol. The second kappa shape index (κ2) is 3.57. The van der Waals surface area contributed by atoms with E-state index in [0.717, 1.165) is 6.42 Å². The molecule has 0 radical (unpaired) electrons. The Morgan fingerprint density at radius 2 is 2.45 bits per heavy atom. The SMILES string of the molecule is CC(C)CC1CNNC(=O)O1. The van der Waals surface area contributed by atoms with Crippen LogP contribution in [0.25, 0.3) is 0 Å². The van der Waals surface area contributed by atoms with E-state index in [-0.39, 0.29) is 12.2 Å². The molecule has 0 saturated carbocycles. The fourth-order valence-electron chi connectivity index (χ4n) is 1.12. The van der Waals surface area contributed by atoms with Crippen LogP contribution in [0.4, 0.5) is 4.79 Å². The summed E-state index contributed by atoms with van der Waals surface area (Å²) in [4.78, 5) is 10.7. The topological polar surface area (TPSA) is 50.4 Å². The summed E-state index contributed by atoms with van der Waals surface area (Å²) >= 11 is 0. The maximum absolute atomic E-state index is 10.7. The largest absolute Gasteiger partial charge is 0.444 e. The molecule has 0 aliphatic carbocycles. The minimum absolute atomic E-state index is 0.0312. The van der Waals surface area contributed by atoms with Gasteiger partial charge in [0.2, 0.25) is 0 Å². The van der Waals surface area contributed by atoms with Crippen LogP contribution in [-0.4, -0.2) is 18.7 Å². The third-order valence-electron chi connectivity index (χ3n) is 1.53. The average Bonchev–Trinajstić information content (AvgIpc) is 1.85. The number of amides is 1. The van der Waals surface area contributed by atoms with Crippen molar-refractivity contribution in [2.45, 2.75) is 26.4 Å². The highest BCUT2D eigenvalue weighted by Gasteiger charge is 2.19. The van der Waals surface area contributed by atoms with Crippen molar-refractivity contribution >= 4 is 6.09 Å². The van der Waals surface area contributed by atoms with Crippen molar-refractivity contribution in [3.8, 4) is 0 Å². The first-order valence-electron chi connectivity index (χ1n) is 3.88. The highest BCUT2D eigenvalue weighted by Crippen LogP contribution is 2.08. The fraction of sp³-hybridized carbons (Fsp3) is 0.857. The van der Waals surface area contributed by atoms with Crippen molar-refractivity contribution in [1.82, 2.24) is 10.9 Å². The normalized spacial score (nSPS) is 24.6. The first-order chi connectivity index (χ1) is 5.18. The lowest BCUT2D eigenvalue weighted by Crippen LogP contribution is -2.50. The van der Waals surface area contributed by atoms with Crippen molar-refractivity contribution in [2.24, 2.45) is 5.92 Å². The maximum atomic E-state index is 10.7. The van der Waals surface area contributed by atoms with E-state index in [4.69, 9.17) is 4.74 Å². The molecule has 1 atom stereocenters. The molecular weight excluding hydrogens is 144 g/mol. The summed E-state index contributed by atoms with van der Waals surface area (Å²) in [7, 11) is 0. The molecule has 0 aromatic carbocycles. The zero-order valence-corrected chi connectivity index (χ0v) is 6.89. The standard InChI is InChI=1S/C7H14N2O2/c1-5(2)3-6-4-8-9-7(10)11-6/h5-6,8H,3-4H2,1-2H3,(H,9,10). The van der Waals surface area contributed by atoms with Crippen molar-refractivity contribution in [2.75, 3.05) is 6.54 Å². The predicted octanol–water partition coefficient (Wildman–Crippen LogP) is 0.646. The second-order valence-electron chi connectivity index (χ2n) is 3.16. The number of carbonyl (C=O) groups is 1. The van der Waals surface area contributed by atoms with E-state index in [1.807, 2.05) is 0 Å². The maximum Gasteiger partial charge on any atom is 0.421 e. The van der Waals surface area contributed by atoms with Gasteiger partial charge in [-0.3, -0.25) is 5.43 Å². The van der Waals surface area contributed by atoms with Crippen LogP contribution in [-0.2, 0) is 4.74 Å². The van der Waals surface area contributed by atoms with Crippen LogP contribution in [0.3, 0.4) is 0 Å². The van der Waals surface area contributed by atoms with E-state index in [1.165, 1.54) is 0 Å². The molecule has 1 fully saturated rings. The van der Waals surface area contributed by atoms with E-state index in [9.17, 15) is 4.79 Å². The van der Waals surface area contributed by atoms with Gasteiger partial charge in [-0.1, -0.05) is 13.8 Å². The Morgan fingerprint density at radius 3 is 3.00 bits per heavy atom. The predicted molar refractivity (Wildman–Crippen MR) is 40.9 cm³/mol. The number of rotatable bonds is 2. The highest BCUT2D eigenvalue weighted by atomic mass is 16.6. The van der Waals surface area contributed by atoms with Crippen LogP contribution in [0, 0.1) is 5.92 Å². The van der Waals surface area contributed by atoms with E-state index in [0.29, 0.717) is 12.5 Å². The van der Waals surface area contributed by atoms with Crippen LogP contribution in [0.1, 0.15) is 20.3 Å². The van der Waals surface area contributed by atoms with Crippen LogP contribution < -0.4 is 10.9 Å². The molecule has 0 aromatic heterocycles. The summed E-state index contributed by atoms with van der Waals surface area (Å²) in [5.41, 5.74) is 5.14. The van der Waals surface area contributed by atoms with Gasteiger partial charge in [-0.05, 0) is 12.3 Å². The van der Waals surface area contributed by atoms with Gasteiger partial charge in [0.05, 0.1) is 6.54 Å². The molecule has 1 unspecified atom stereocenters. The minimum Gasteiger partial charge on any atom is -0.444 e. The molecule has 1 rings (SSSR count). The molecule has 4 heteroatoms. The van der Waals surface area contributed by atoms with E-state index in [1.54, 1.807) is 0 Å². The lowest BCUT2D eigenvalue weighted by Gasteiger charge is -2.24. The van der Waals surface area contributed by atoms with E-state index >= 15 is 0 Å². The number of cyclic esters (lactones) is 1. The van der Waals surface area contributed by atoms with E-state index in [2.05, 4.69) is 24.7 Å². The molecule has 0 spiro atoms. The van der Waals surface area contributed by atoms with Crippen LogP contribution in [0.15, 0.2) is 0 Å². The highest BCUT2D eigenvalue weighted by molar-refractivity contribution is 5.67. The van der Waals surface area contributed by atoms with Gasteiger partial charge < -0.3 is 4.74 Å². The molecule has 1 aliphatic heterocycles. The van der Waals surface area contributed by atoms with Gasteiger partial charge in [-0.2, -0.15) is 0 Å². The Balaban J connectivity index is 2.28. The smallest absolute Gasteiger partial charge is 0.421 e. The zero-order valence-electron chi connectivity index (χ0n) is 6.89. The number of carbonyl (C=O) groups excluding carboxylic acids is 1. The number of hydrazine groups is 1. The molecule has 2 N–H and O–H groups in total. The molecule has 0 bridgehead atoms. The summed E-state index contributed by atoms with van der Waals surface area (Å²) in [5.74, 6) is 0.563. The van der Waals surface area contributed by atoms with Gasteiger partial charge in [0.25, 0.3) is 0 Å². The molecule has 1 heterocycles. The van der Waals surface area contributed by atoms with Gasteiger partial charge in [-0.15, -0.1) is 0 Å². The Hall–Kier alpha value is -0.770. The van der Waals surface area contributed by atoms with Crippen molar-refractivity contribution in [3.63, 3.8) is 0 Å². The second-order valence-corrected chi connectivity index (χ2v) is 3.16. The third-order valence-corrected chi connectivity index (χ3v) is 1.53. The Bertz CT molecular complexity index is 147. The lowest BCUT2D eigenvalue weighted by molar-refractivity contribution is 0.0572. The molecule has 64 valence electrons. The van der Waals surface area contributed by atoms with Crippen LogP contribution >= 0.6 is 0 Å². The molecule has 11 heavy (non-hydrogen) atoms. The van der Waals surface area contributed by atoms with Gasteiger partial charge in [0, 0.05) is 0 Å². The number of ether oxygens (including phenoxy) is 1. The van der Waals surface area contributed by atoms with Crippen LogP contribution in [0.2, 0.25) is 0 Å². The first-order valence-corrected chi connectivity index (χ1v) is 3.88. The van der Waals surface area contributed by atoms with E-state index < -0.39 is 0 Å².